The van der Waals surface area contributed by atoms with Crippen molar-refractivity contribution in [3.63, 3.8) is 0 Å². The Hall–Kier alpha value is -4.46. The first kappa shape index (κ1) is 39.0. The van der Waals surface area contributed by atoms with E-state index < -0.39 is 83.6 Å². The lowest BCUT2D eigenvalue weighted by Crippen LogP contribution is -2.56. The number of ether oxygens (including phenoxy) is 3. The Balaban J connectivity index is 1.75. The number of fused-ring (bicyclic) bond motifs is 1. The second kappa shape index (κ2) is 15.4. The molecule has 0 spiro atoms. The number of aromatic nitrogens is 1. The van der Waals surface area contributed by atoms with Crippen molar-refractivity contribution in [2.24, 2.45) is 5.73 Å². The summed E-state index contributed by atoms with van der Waals surface area (Å²) < 4.78 is 17.5. The Morgan fingerprint density at radius 1 is 0.878 bits per heavy atom. The molecular weight excluding hydrogens is 634 g/mol. The minimum atomic E-state index is -1.39. The van der Waals surface area contributed by atoms with Gasteiger partial charge in [0.2, 0.25) is 17.7 Å². The van der Waals surface area contributed by atoms with Crippen LogP contribution in [0.1, 0.15) is 87.1 Å². The maximum Gasteiger partial charge on any atom is 0.419 e. The molecule has 0 saturated carbocycles. The van der Waals surface area contributed by atoms with E-state index in [2.05, 4.69) is 10.6 Å². The number of likely N-dealkylation sites (tertiary alicyclic amines) is 1. The number of benzene rings is 1. The molecule has 1 aliphatic rings. The normalized spacial score (nSPS) is 16.4. The van der Waals surface area contributed by atoms with E-state index in [1.54, 1.807) is 80.6 Å². The average Bonchev–Trinajstić information content (AvgIpc) is 3.58. The molecule has 3 rings (SSSR count). The maximum atomic E-state index is 13.7. The van der Waals surface area contributed by atoms with Gasteiger partial charge in [0.15, 0.2) is 0 Å². The summed E-state index contributed by atoms with van der Waals surface area (Å²) in [6.45, 7) is 15.1. The SMILES string of the molecule is CC(C)(C)OC(=O)CNC(=O)[C@H](CC(=O)OC(C)(C)C)NC(=O)[C@@H]1CCCN1C(=O)[C@@H](N)Cc1cn(C(=O)OC(C)(C)C)c2ccccc12. The van der Waals surface area contributed by atoms with Crippen molar-refractivity contribution < 1.29 is 43.0 Å². The lowest BCUT2D eigenvalue weighted by molar-refractivity contribution is -0.157. The van der Waals surface area contributed by atoms with E-state index in [9.17, 15) is 28.8 Å². The van der Waals surface area contributed by atoms with Crippen LogP contribution in [0, 0.1) is 0 Å². The Bertz CT molecular complexity index is 1560. The van der Waals surface area contributed by atoms with Crippen molar-refractivity contribution in [1.29, 1.82) is 0 Å². The summed E-state index contributed by atoms with van der Waals surface area (Å²) in [6, 6.07) is 3.80. The fraction of sp³-hybridized carbons (Fsp3) is 0.600. The number of carbonyl (C=O) groups is 6. The predicted molar refractivity (Wildman–Crippen MR) is 181 cm³/mol. The van der Waals surface area contributed by atoms with Crippen LogP contribution in [0.15, 0.2) is 30.5 Å². The molecule has 49 heavy (non-hydrogen) atoms. The topological polar surface area (TPSA) is 188 Å². The molecule has 1 fully saturated rings. The van der Waals surface area contributed by atoms with Gasteiger partial charge in [-0.1, -0.05) is 18.2 Å². The second-order valence-electron chi connectivity index (χ2n) is 15.2. The van der Waals surface area contributed by atoms with Gasteiger partial charge >= 0.3 is 18.0 Å². The standard InChI is InChI=1S/C35H51N5O9/c1-33(2,3)47-27(41)18-24(29(43)37-19-28(42)48-34(4,5)6)38-30(44)26-15-12-16-39(26)31(45)23(36)17-21-20-40(32(46)49-35(7,8)9)25-14-11-10-13-22(21)25/h10-11,13-14,20,23-24,26H,12,15-19,36H2,1-9H3,(H,37,43)(H,38,44)/t23-,24-,26-/m0/s1. The van der Waals surface area contributed by atoms with Gasteiger partial charge in [-0.05, 0) is 93.2 Å². The van der Waals surface area contributed by atoms with E-state index >= 15 is 0 Å². The molecule has 0 aliphatic carbocycles. The van der Waals surface area contributed by atoms with Gasteiger partial charge in [0, 0.05) is 18.1 Å². The van der Waals surface area contributed by atoms with Crippen LogP contribution in [-0.2, 0) is 44.6 Å². The zero-order valence-corrected chi connectivity index (χ0v) is 30.0. The molecule has 2 aromatic rings. The van der Waals surface area contributed by atoms with E-state index in [1.165, 1.54) is 9.47 Å². The molecule has 3 amide bonds. The molecule has 4 N–H and O–H groups in total. The van der Waals surface area contributed by atoms with Crippen LogP contribution < -0.4 is 16.4 Å². The Morgan fingerprint density at radius 2 is 1.47 bits per heavy atom. The fourth-order valence-electron chi connectivity index (χ4n) is 5.40. The Labute approximate surface area is 287 Å². The average molecular weight is 686 g/mol. The van der Waals surface area contributed by atoms with Crippen LogP contribution in [0.4, 0.5) is 4.79 Å². The zero-order chi connectivity index (χ0) is 36.9. The third-order valence-electron chi connectivity index (χ3n) is 7.23. The van der Waals surface area contributed by atoms with Crippen LogP contribution in [0.2, 0.25) is 0 Å². The molecule has 14 heteroatoms. The molecule has 0 radical (unpaired) electrons. The number of nitrogens with zero attached hydrogens (tertiary/aromatic N) is 2. The first-order chi connectivity index (χ1) is 22.5. The van der Waals surface area contributed by atoms with E-state index in [1.807, 2.05) is 12.1 Å². The summed E-state index contributed by atoms with van der Waals surface area (Å²) in [6.07, 6.45) is 1.43. The molecule has 14 nitrogen and oxygen atoms in total. The molecule has 270 valence electrons. The highest BCUT2D eigenvalue weighted by atomic mass is 16.6. The monoisotopic (exact) mass is 685 g/mol. The number of hydrogen-bond acceptors (Lipinski definition) is 10. The Kier molecular flexibility index (Phi) is 12.2. The largest absolute Gasteiger partial charge is 0.460 e. The van der Waals surface area contributed by atoms with Crippen LogP contribution in [0.3, 0.4) is 0 Å². The number of nitrogens with one attached hydrogen (secondary N) is 2. The van der Waals surface area contributed by atoms with Crippen molar-refractivity contribution in [1.82, 2.24) is 20.1 Å². The minimum Gasteiger partial charge on any atom is -0.460 e. The molecule has 2 heterocycles. The van der Waals surface area contributed by atoms with Gasteiger partial charge in [0.05, 0.1) is 18.0 Å². The highest BCUT2D eigenvalue weighted by Crippen LogP contribution is 2.25. The van der Waals surface area contributed by atoms with Gasteiger partial charge in [-0.15, -0.1) is 0 Å². The van der Waals surface area contributed by atoms with E-state index in [0.29, 0.717) is 23.9 Å². The highest BCUT2D eigenvalue weighted by molar-refractivity contribution is 5.96. The number of nitrogens with two attached hydrogens (primary N) is 1. The number of amides is 3. The summed E-state index contributed by atoms with van der Waals surface area (Å²) in [4.78, 5) is 79.6. The molecule has 1 aromatic heterocycles. The quantitative estimate of drug-likeness (QED) is 0.248. The molecule has 0 unspecified atom stereocenters. The minimum absolute atomic E-state index is 0.0777. The van der Waals surface area contributed by atoms with Crippen molar-refractivity contribution in [3.8, 4) is 0 Å². The first-order valence-corrected chi connectivity index (χ1v) is 16.4. The molecule has 1 aliphatic heterocycles. The van der Waals surface area contributed by atoms with Gasteiger partial charge in [-0.25, -0.2) is 4.79 Å². The Morgan fingerprint density at radius 3 is 2.08 bits per heavy atom. The summed E-state index contributed by atoms with van der Waals surface area (Å²) in [5.41, 5.74) is 5.36. The van der Waals surface area contributed by atoms with Gasteiger partial charge in [-0.3, -0.25) is 28.5 Å². The number of carbonyl (C=O) groups excluding carboxylic acids is 6. The third-order valence-corrected chi connectivity index (χ3v) is 7.23. The van der Waals surface area contributed by atoms with E-state index in [0.717, 1.165) is 5.39 Å². The van der Waals surface area contributed by atoms with Crippen molar-refractivity contribution in [2.75, 3.05) is 13.1 Å². The molecule has 0 bridgehead atoms. The number of hydrogen-bond donors (Lipinski definition) is 3. The summed E-state index contributed by atoms with van der Waals surface area (Å²) in [5.74, 6) is -3.36. The van der Waals surface area contributed by atoms with E-state index in [-0.39, 0.29) is 13.0 Å². The number of esters is 2. The second-order valence-corrected chi connectivity index (χ2v) is 15.2. The fourth-order valence-corrected chi connectivity index (χ4v) is 5.40. The van der Waals surface area contributed by atoms with Gasteiger partial charge in [0.25, 0.3) is 0 Å². The summed E-state index contributed by atoms with van der Waals surface area (Å²) in [7, 11) is 0. The first-order valence-electron chi connectivity index (χ1n) is 16.4. The van der Waals surface area contributed by atoms with Gasteiger partial charge in [-0.2, -0.15) is 0 Å². The van der Waals surface area contributed by atoms with Crippen molar-refractivity contribution in [2.45, 2.75) is 123 Å². The van der Waals surface area contributed by atoms with Crippen LogP contribution in [0.25, 0.3) is 10.9 Å². The van der Waals surface area contributed by atoms with Crippen LogP contribution >= 0.6 is 0 Å². The lowest BCUT2D eigenvalue weighted by Gasteiger charge is -2.28. The van der Waals surface area contributed by atoms with Crippen LogP contribution in [-0.4, -0.2) is 93.2 Å². The zero-order valence-electron chi connectivity index (χ0n) is 30.0. The van der Waals surface area contributed by atoms with Crippen LogP contribution in [0.5, 0.6) is 0 Å². The summed E-state index contributed by atoms with van der Waals surface area (Å²) >= 11 is 0. The lowest BCUT2D eigenvalue weighted by atomic mass is 10.0. The highest BCUT2D eigenvalue weighted by Gasteiger charge is 2.38. The third kappa shape index (κ3) is 11.6. The molecular formula is C35H51N5O9. The summed E-state index contributed by atoms with van der Waals surface area (Å²) in [5, 5.41) is 5.73. The van der Waals surface area contributed by atoms with Crippen molar-refractivity contribution in [3.05, 3.63) is 36.0 Å². The van der Waals surface area contributed by atoms with Crippen molar-refractivity contribution >= 4 is 46.7 Å². The molecule has 1 aromatic carbocycles. The molecule has 1 saturated heterocycles. The van der Waals surface area contributed by atoms with Gasteiger partial charge < -0.3 is 35.5 Å². The molecule has 3 atom stereocenters. The number of rotatable bonds is 10. The van der Waals surface area contributed by atoms with Gasteiger partial charge in [0.1, 0.15) is 35.4 Å². The maximum absolute atomic E-state index is 13.7. The smallest absolute Gasteiger partial charge is 0.419 e. The van der Waals surface area contributed by atoms with E-state index in [4.69, 9.17) is 19.9 Å². The predicted octanol–water partition coefficient (Wildman–Crippen LogP) is 2.96. The number of para-hydroxylation sites is 1.